The molecule has 0 amide bonds. The summed E-state index contributed by atoms with van der Waals surface area (Å²) in [5, 5.41) is -0.0347. The van der Waals surface area contributed by atoms with Crippen LogP contribution in [0.5, 0.6) is 6.01 Å². The fourth-order valence-corrected chi connectivity index (χ4v) is 3.09. The van der Waals surface area contributed by atoms with Gasteiger partial charge in [-0.1, -0.05) is 13.8 Å². The fourth-order valence-electron chi connectivity index (χ4n) is 2.11. The summed E-state index contributed by atoms with van der Waals surface area (Å²) in [6, 6.07) is 0.118. The summed E-state index contributed by atoms with van der Waals surface area (Å²) in [4.78, 5) is 18.2. The lowest BCUT2D eigenvalue weighted by atomic mass is 10.2. The molecule has 2 aromatic heterocycles. The van der Waals surface area contributed by atoms with E-state index in [-0.39, 0.29) is 29.3 Å². The van der Waals surface area contributed by atoms with Crippen LogP contribution < -0.4 is 14.4 Å². The average Bonchev–Trinajstić information content (AvgIpc) is 2.95. The lowest BCUT2D eigenvalue weighted by molar-refractivity contribution is 0.375. The van der Waals surface area contributed by atoms with Crippen molar-refractivity contribution in [3.8, 4) is 6.01 Å². The van der Waals surface area contributed by atoms with Gasteiger partial charge in [-0.15, -0.1) is 0 Å². The Bertz CT molecular complexity index is 846. The van der Waals surface area contributed by atoms with E-state index in [0.717, 1.165) is 0 Å². The first-order valence-corrected chi connectivity index (χ1v) is 9.11. The van der Waals surface area contributed by atoms with Crippen LogP contribution in [0.3, 0.4) is 0 Å². The van der Waals surface area contributed by atoms with Crippen LogP contribution in [0.4, 0.5) is 5.95 Å². The van der Waals surface area contributed by atoms with Gasteiger partial charge < -0.3 is 14.2 Å². The molecule has 11 heteroatoms. The van der Waals surface area contributed by atoms with Crippen molar-refractivity contribution in [2.75, 3.05) is 26.1 Å². The van der Waals surface area contributed by atoms with Crippen molar-refractivity contribution in [3.63, 3.8) is 0 Å². The van der Waals surface area contributed by atoms with Gasteiger partial charge in [0.05, 0.1) is 13.7 Å². The van der Waals surface area contributed by atoms with Gasteiger partial charge in [0.25, 0.3) is 10.0 Å². The Kier molecular flexibility index (Phi) is 5.58. The molecule has 2 heterocycles. The van der Waals surface area contributed by atoms with Gasteiger partial charge in [0.1, 0.15) is 5.82 Å². The van der Waals surface area contributed by atoms with Crippen molar-refractivity contribution in [1.29, 1.82) is 0 Å². The average molecular weight is 369 g/mol. The smallest absolute Gasteiger partial charge is 0.321 e. The van der Waals surface area contributed by atoms with Crippen molar-refractivity contribution in [3.05, 3.63) is 17.8 Å². The fraction of sp³-hybridized carbons (Fsp3) is 0.571. The number of aromatic nitrogens is 5. The molecule has 0 aliphatic heterocycles. The topological polar surface area (TPSA) is 115 Å². The van der Waals surface area contributed by atoms with Crippen molar-refractivity contribution >= 4 is 16.0 Å². The van der Waals surface area contributed by atoms with Gasteiger partial charge in [-0.25, -0.2) is 18.1 Å². The van der Waals surface area contributed by atoms with Crippen LogP contribution >= 0.6 is 0 Å². The van der Waals surface area contributed by atoms with E-state index in [1.54, 1.807) is 30.6 Å². The molecule has 25 heavy (non-hydrogen) atoms. The van der Waals surface area contributed by atoms with Crippen LogP contribution in [0.15, 0.2) is 11.2 Å². The number of sulfonamides is 1. The molecular formula is C14H23N7O3S. The number of ether oxygens (including phenoxy) is 1. The van der Waals surface area contributed by atoms with Gasteiger partial charge in [-0.2, -0.15) is 15.0 Å². The number of nitrogens with one attached hydrogen (secondary N) is 1. The summed E-state index contributed by atoms with van der Waals surface area (Å²) in [6.45, 7) is 3.80. The molecule has 0 aliphatic rings. The predicted molar refractivity (Wildman–Crippen MR) is 92.0 cm³/mol. The first kappa shape index (κ1) is 19.1. The summed E-state index contributed by atoms with van der Waals surface area (Å²) < 4.78 is 34.1. The van der Waals surface area contributed by atoms with Crippen LogP contribution in [0.2, 0.25) is 0 Å². The summed E-state index contributed by atoms with van der Waals surface area (Å²) in [6.07, 6.45) is 1.48. The van der Waals surface area contributed by atoms with E-state index < -0.39 is 10.0 Å². The van der Waals surface area contributed by atoms with E-state index >= 15 is 0 Å². The van der Waals surface area contributed by atoms with Crippen LogP contribution in [0, 0.1) is 0 Å². The largest absolute Gasteiger partial charge is 0.467 e. The zero-order chi connectivity index (χ0) is 18.8. The second-order valence-corrected chi connectivity index (χ2v) is 7.67. The van der Waals surface area contributed by atoms with E-state index in [1.165, 1.54) is 13.3 Å². The summed E-state index contributed by atoms with van der Waals surface area (Å²) in [7, 11) is 2.95. The third-order valence-electron chi connectivity index (χ3n) is 3.33. The molecule has 10 nitrogen and oxygen atoms in total. The number of methoxy groups -OCH3 is 1. The Hall–Kier alpha value is -2.27. The number of imidazole rings is 1. The first-order valence-electron chi connectivity index (χ1n) is 7.63. The Morgan fingerprint density at radius 2 is 1.92 bits per heavy atom. The quantitative estimate of drug-likeness (QED) is 0.740. The molecule has 1 N–H and O–H groups in total. The highest BCUT2D eigenvalue weighted by Gasteiger charge is 2.21. The van der Waals surface area contributed by atoms with E-state index in [4.69, 9.17) is 4.74 Å². The highest BCUT2D eigenvalue weighted by Crippen LogP contribution is 2.16. The van der Waals surface area contributed by atoms with Gasteiger partial charge in [0.15, 0.2) is 10.9 Å². The molecule has 0 atom stereocenters. The normalized spacial score (nSPS) is 11.8. The molecule has 0 radical (unpaired) electrons. The minimum absolute atomic E-state index is 0.0347. The van der Waals surface area contributed by atoms with Crippen LogP contribution in [-0.2, 0) is 23.6 Å². The number of aryl methyl sites for hydroxylation is 1. The standard InChI is InChI=1S/C14H23N7O3S/c1-9(2)12-18-11(8-21(12)5)25(22,23)15-7-10-16-13(20(3)4)19-14(17-10)24-6/h8-9,15H,7H2,1-6H3. The van der Waals surface area contributed by atoms with Crippen LogP contribution in [0.25, 0.3) is 0 Å². The maximum Gasteiger partial charge on any atom is 0.321 e. The second-order valence-electron chi connectivity index (χ2n) is 5.96. The van der Waals surface area contributed by atoms with Crippen molar-refractivity contribution in [2.45, 2.75) is 31.3 Å². The maximum atomic E-state index is 12.5. The van der Waals surface area contributed by atoms with E-state index in [0.29, 0.717) is 11.8 Å². The summed E-state index contributed by atoms with van der Waals surface area (Å²) >= 11 is 0. The highest BCUT2D eigenvalue weighted by molar-refractivity contribution is 7.89. The van der Waals surface area contributed by atoms with E-state index in [9.17, 15) is 8.42 Å². The molecule has 0 spiro atoms. The van der Waals surface area contributed by atoms with Gasteiger partial charge in [0.2, 0.25) is 5.95 Å². The van der Waals surface area contributed by atoms with Crippen molar-refractivity contribution in [2.24, 2.45) is 7.05 Å². The molecular weight excluding hydrogens is 346 g/mol. The summed E-state index contributed by atoms with van der Waals surface area (Å²) in [5.41, 5.74) is 0. The second kappa shape index (κ2) is 7.31. The highest BCUT2D eigenvalue weighted by atomic mass is 32.2. The van der Waals surface area contributed by atoms with E-state index in [1.807, 2.05) is 13.8 Å². The molecule has 138 valence electrons. The Morgan fingerprint density at radius 3 is 2.44 bits per heavy atom. The maximum absolute atomic E-state index is 12.5. The molecule has 2 aromatic rings. The molecule has 0 aliphatic carbocycles. The molecule has 0 saturated carbocycles. The lowest BCUT2D eigenvalue weighted by Crippen LogP contribution is -2.25. The Morgan fingerprint density at radius 1 is 1.24 bits per heavy atom. The van der Waals surface area contributed by atoms with Crippen molar-refractivity contribution in [1.82, 2.24) is 29.2 Å². The predicted octanol–water partition coefficient (Wildman–Crippen LogP) is 0.282. The zero-order valence-corrected chi connectivity index (χ0v) is 16.0. The molecule has 0 aromatic carbocycles. The molecule has 0 saturated heterocycles. The minimum Gasteiger partial charge on any atom is -0.467 e. The van der Waals surface area contributed by atoms with Crippen LogP contribution in [0.1, 0.15) is 31.4 Å². The number of hydrogen-bond donors (Lipinski definition) is 1. The van der Waals surface area contributed by atoms with Gasteiger partial charge in [-0.05, 0) is 0 Å². The van der Waals surface area contributed by atoms with E-state index in [2.05, 4.69) is 24.7 Å². The summed E-state index contributed by atoms with van der Waals surface area (Å²) in [5.74, 6) is 1.43. The third kappa shape index (κ3) is 4.42. The van der Waals surface area contributed by atoms with Crippen molar-refractivity contribution < 1.29 is 13.2 Å². The molecule has 2 rings (SSSR count). The molecule has 0 fully saturated rings. The number of nitrogens with zero attached hydrogens (tertiary/aromatic N) is 6. The Labute approximate surface area is 147 Å². The van der Waals surface area contributed by atoms with Gasteiger partial charge in [-0.3, -0.25) is 0 Å². The number of hydrogen-bond acceptors (Lipinski definition) is 8. The minimum atomic E-state index is -3.78. The Balaban J connectivity index is 2.22. The lowest BCUT2D eigenvalue weighted by Gasteiger charge is -2.12. The van der Waals surface area contributed by atoms with Crippen LogP contribution in [-0.4, -0.2) is 54.1 Å². The first-order chi connectivity index (χ1) is 11.6. The van der Waals surface area contributed by atoms with Gasteiger partial charge in [0, 0.05) is 33.3 Å². The zero-order valence-electron chi connectivity index (χ0n) is 15.2. The number of rotatable bonds is 7. The molecule has 0 bridgehead atoms. The third-order valence-corrected chi connectivity index (χ3v) is 4.61. The monoisotopic (exact) mass is 369 g/mol. The SMILES string of the molecule is COc1nc(CNS(=O)(=O)c2cn(C)c(C(C)C)n2)nc(N(C)C)n1. The molecule has 0 unspecified atom stereocenters. The number of anilines is 1. The van der Waals surface area contributed by atoms with Gasteiger partial charge >= 0.3 is 6.01 Å².